The standard InChI is InChI=1S/C31H46O4/c1-21(2)12-9-13-22(3)14-10-15-23(4)16-11-18-31(8)19-17-27-26(7)29(34-20-28(32)33)24(5)25(6)30(27)35-31/h12,14,16H,9-11,13,15,17-20H2,1-8H3,(H,32,33)/t31-/m1/s1. The molecule has 1 aliphatic heterocycles. The van der Waals surface area contributed by atoms with Gasteiger partial charge in [-0.25, -0.2) is 4.79 Å². The van der Waals surface area contributed by atoms with Crippen molar-refractivity contribution >= 4 is 5.97 Å². The summed E-state index contributed by atoms with van der Waals surface area (Å²) in [6, 6.07) is 0. The molecular weight excluding hydrogens is 436 g/mol. The lowest BCUT2D eigenvalue weighted by molar-refractivity contribution is -0.139. The Morgan fingerprint density at radius 3 is 2.14 bits per heavy atom. The number of ether oxygens (including phenoxy) is 2. The molecule has 0 bridgehead atoms. The van der Waals surface area contributed by atoms with Crippen molar-refractivity contribution < 1.29 is 19.4 Å². The summed E-state index contributed by atoms with van der Waals surface area (Å²) < 4.78 is 12.3. The van der Waals surface area contributed by atoms with Crippen LogP contribution in [0.2, 0.25) is 0 Å². The van der Waals surface area contributed by atoms with E-state index in [0.29, 0.717) is 5.75 Å². The van der Waals surface area contributed by atoms with E-state index in [1.807, 2.05) is 20.8 Å². The van der Waals surface area contributed by atoms with Crippen molar-refractivity contribution in [1.82, 2.24) is 0 Å². The smallest absolute Gasteiger partial charge is 0.341 e. The number of hydrogen-bond acceptors (Lipinski definition) is 3. The van der Waals surface area contributed by atoms with E-state index in [1.165, 1.54) is 16.7 Å². The van der Waals surface area contributed by atoms with Gasteiger partial charge in [-0.3, -0.25) is 0 Å². The molecule has 1 aliphatic rings. The fourth-order valence-electron chi connectivity index (χ4n) is 4.77. The van der Waals surface area contributed by atoms with Crippen LogP contribution in [0.4, 0.5) is 0 Å². The van der Waals surface area contributed by atoms with Gasteiger partial charge in [-0.15, -0.1) is 0 Å². The van der Waals surface area contributed by atoms with Crippen LogP contribution < -0.4 is 9.47 Å². The molecule has 0 radical (unpaired) electrons. The van der Waals surface area contributed by atoms with Crippen LogP contribution in [-0.4, -0.2) is 23.3 Å². The van der Waals surface area contributed by atoms with Crippen molar-refractivity contribution in [3.05, 3.63) is 57.2 Å². The van der Waals surface area contributed by atoms with Crippen molar-refractivity contribution in [2.24, 2.45) is 0 Å². The number of carbonyl (C=O) groups is 1. The van der Waals surface area contributed by atoms with Gasteiger partial charge in [0.15, 0.2) is 6.61 Å². The minimum Gasteiger partial charge on any atom is -0.487 e. The summed E-state index contributed by atoms with van der Waals surface area (Å²) >= 11 is 0. The second kappa shape index (κ2) is 13.0. The zero-order valence-electron chi connectivity index (χ0n) is 23.3. The van der Waals surface area contributed by atoms with Crippen LogP contribution in [0.15, 0.2) is 34.9 Å². The van der Waals surface area contributed by atoms with Crippen LogP contribution in [0.25, 0.3) is 0 Å². The number of hydrogen-bond donors (Lipinski definition) is 1. The van der Waals surface area contributed by atoms with E-state index < -0.39 is 5.97 Å². The first-order valence-electron chi connectivity index (χ1n) is 13.0. The molecule has 0 aliphatic carbocycles. The van der Waals surface area contributed by atoms with Crippen molar-refractivity contribution in [1.29, 1.82) is 0 Å². The maximum atomic E-state index is 11.0. The van der Waals surface area contributed by atoms with E-state index in [1.54, 1.807) is 0 Å². The van der Waals surface area contributed by atoms with Gasteiger partial charge in [0, 0.05) is 5.56 Å². The molecule has 35 heavy (non-hydrogen) atoms. The number of rotatable bonds is 12. The molecule has 0 unspecified atom stereocenters. The average Bonchev–Trinajstić information content (AvgIpc) is 2.77. The predicted molar refractivity (Wildman–Crippen MR) is 146 cm³/mol. The van der Waals surface area contributed by atoms with Crippen molar-refractivity contribution in [3.63, 3.8) is 0 Å². The van der Waals surface area contributed by atoms with Crippen molar-refractivity contribution in [3.8, 4) is 11.5 Å². The molecule has 0 spiro atoms. The highest BCUT2D eigenvalue weighted by Gasteiger charge is 2.34. The molecule has 1 aromatic rings. The first kappa shape index (κ1) is 28.7. The number of aliphatic carboxylic acids is 1. The van der Waals surface area contributed by atoms with Gasteiger partial charge in [-0.1, -0.05) is 34.9 Å². The predicted octanol–water partition coefficient (Wildman–Crippen LogP) is 8.36. The van der Waals surface area contributed by atoms with Gasteiger partial charge >= 0.3 is 5.97 Å². The quantitative estimate of drug-likeness (QED) is 0.304. The number of fused-ring (bicyclic) bond motifs is 1. The molecule has 0 saturated heterocycles. The maximum absolute atomic E-state index is 11.0. The van der Waals surface area contributed by atoms with Gasteiger partial charge in [0.05, 0.1) is 0 Å². The van der Waals surface area contributed by atoms with Crippen LogP contribution in [0, 0.1) is 20.8 Å². The minimum atomic E-state index is -0.961. The van der Waals surface area contributed by atoms with Crippen LogP contribution in [-0.2, 0) is 11.2 Å². The lowest BCUT2D eigenvalue weighted by Crippen LogP contribution is -2.37. The summed E-state index contributed by atoms with van der Waals surface area (Å²) in [5, 5.41) is 9.01. The van der Waals surface area contributed by atoms with E-state index in [-0.39, 0.29) is 12.2 Å². The highest BCUT2D eigenvalue weighted by molar-refractivity contribution is 5.69. The van der Waals surface area contributed by atoms with Crippen LogP contribution in [0.3, 0.4) is 0 Å². The molecule has 1 atom stereocenters. The zero-order chi connectivity index (χ0) is 26.2. The molecule has 194 valence electrons. The highest BCUT2D eigenvalue weighted by atomic mass is 16.5. The van der Waals surface area contributed by atoms with Gasteiger partial charge < -0.3 is 14.6 Å². The fourth-order valence-corrected chi connectivity index (χ4v) is 4.77. The van der Waals surface area contributed by atoms with E-state index in [2.05, 4.69) is 52.8 Å². The Morgan fingerprint density at radius 2 is 1.54 bits per heavy atom. The molecule has 4 nitrogen and oxygen atoms in total. The Hall–Kier alpha value is -2.49. The normalized spacial score (nSPS) is 18.1. The van der Waals surface area contributed by atoms with E-state index in [0.717, 1.165) is 79.4 Å². The number of benzene rings is 1. The lowest BCUT2D eigenvalue weighted by Gasteiger charge is -2.38. The van der Waals surface area contributed by atoms with Gasteiger partial charge in [0.2, 0.25) is 0 Å². The van der Waals surface area contributed by atoms with Crippen LogP contribution in [0.1, 0.15) is 102 Å². The topological polar surface area (TPSA) is 55.8 Å². The molecule has 2 rings (SSSR count). The monoisotopic (exact) mass is 482 g/mol. The molecule has 1 aromatic carbocycles. The minimum absolute atomic E-state index is 0.196. The van der Waals surface area contributed by atoms with Crippen LogP contribution >= 0.6 is 0 Å². The third-order valence-corrected chi connectivity index (χ3v) is 7.19. The summed E-state index contributed by atoms with van der Waals surface area (Å²) in [5.41, 5.74) is 8.30. The Kier molecular flexibility index (Phi) is 10.7. The summed E-state index contributed by atoms with van der Waals surface area (Å²) in [6.07, 6.45) is 15.4. The molecule has 0 saturated carbocycles. The molecule has 0 amide bonds. The molecule has 1 N–H and O–H groups in total. The summed E-state index contributed by atoms with van der Waals surface area (Å²) in [7, 11) is 0. The fraction of sp³-hybridized carbons (Fsp3) is 0.581. The van der Waals surface area contributed by atoms with E-state index in [9.17, 15) is 4.79 Å². The Labute approximate surface area is 213 Å². The van der Waals surface area contributed by atoms with Crippen LogP contribution in [0.5, 0.6) is 11.5 Å². The van der Waals surface area contributed by atoms with E-state index >= 15 is 0 Å². The molecule has 0 aromatic heterocycles. The second-order valence-electron chi connectivity index (χ2n) is 10.7. The SMILES string of the molecule is CC(C)=CCCC(C)=CCCC(C)=CCC[C@]1(C)CCc2c(C)c(OCC(=O)O)c(C)c(C)c2O1. The Bertz CT molecular complexity index is 992. The molecule has 4 heteroatoms. The van der Waals surface area contributed by atoms with Gasteiger partial charge in [-0.05, 0) is 123 Å². The Morgan fingerprint density at radius 1 is 0.943 bits per heavy atom. The maximum Gasteiger partial charge on any atom is 0.341 e. The average molecular weight is 483 g/mol. The molecule has 0 fully saturated rings. The van der Waals surface area contributed by atoms with Crippen molar-refractivity contribution in [2.45, 2.75) is 112 Å². The van der Waals surface area contributed by atoms with Gasteiger partial charge in [0.1, 0.15) is 17.1 Å². The number of allylic oxidation sites excluding steroid dienone is 6. The summed E-state index contributed by atoms with van der Waals surface area (Å²) in [4.78, 5) is 11.0. The second-order valence-corrected chi connectivity index (χ2v) is 10.7. The largest absolute Gasteiger partial charge is 0.487 e. The van der Waals surface area contributed by atoms with Gasteiger partial charge in [-0.2, -0.15) is 0 Å². The third-order valence-electron chi connectivity index (χ3n) is 7.19. The number of carboxylic acid groups (broad SMARTS) is 1. The summed E-state index contributed by atoms with van der Waals surface area (Å²) in [5.74, 6) is 0.693. The van der Waals surface area contributed by atoms with E-state index in [4.69, 9.17) is 14.6 Å². The van der Waals surface area contributed by atoms with Gasteiger partial charge in [0.25, 0.3) is 0 Å². The molecule has 1 heterocycles. The molecular formula is C31H46O4. The van der Waals surface area contributed by atoms with Crippen molar-refractivity contribution in [2.75, 3.05) is 6.61 Å². The summed E-state index contributed by atoms with van der Waals surface area (Å²) in [6.45, 7) is 16.7. The first-order valence-corrected chi connectivity index (χ1v) is 13.0. The lowest BCUT2D eigenvalue weighted by atomic mass is 9.85. The first-order chi connectivity index (χ1) is 16.4. The highest BCUT2D eigenvalue weighted by Crippen LogP contribution is 2.44. The Balaban J connectivity index is 1.95. The third kappa shape index (κ3) is 8.59. The number of carboxylic acids is 1. The zero-order valence-corrected chi connectivity index (χ0v) is 23.3.